The van der Waals surface area contributed by atoms with Gasteiger partial charge in [0.05, 0.1) is 0 Å². The molecule has 2 aromatic heterocycles. The van der Waals surface area contributed by atoms with Crippen LogP contribution in [0.4, 0.5) is 0 Å². The zero-order valence-electron chi connectivity index (χ0n) is 16.6. The second-order valence-corrected chi connectivity index (χ2v) is 8.65. The number of aromatic amines is 1. The van der Waals surface area contributed by atoms with Crippen LogP contribution >= 0.6 is 11.8 Å². The number of nitrogens with zero attached hydrogens (tertiary/aromatic N) is 3. The summed E-state index contributed by atoms with van der Waals surface area (Å²) < 4.78 is 5.47. The van der Waals surface area contributed by atoms with E-state index in [1.54, 1.807) is 11.8 Å². The van der Waals surface area contributed by atoms with Crippen molar-refractivity contribution < 1.29 is 4.52 Å². The van der Waals surface area contributed by atoms with Gasteiger partial charge < -0.3 is 9.51 Å². The molecule has 148 valence electrons. The minimum atomic E-state index is 0.00588. The Morgan fingerprint density at radius 3 is 2.75 bits per heavy atom. The first kappa shape index (κ1) is 19.2. The molecule has 1 N–H and O–H groups in total. The molecule has 4 rings (SSSR count). The van der Waals surface area contributed by atoms with Gasteiger partial charge in [0.1, 0.15) is 0 Å². The number of nitrogens with one attached hydrogen (secondary N) is 1. The molecule has 0 bridgehead atoms. The largest absolute Gasteiger partial charge is 0.339 e. The molecule has 1 fully saturated rings. The third-order valence-electron chi connectivity index (χ3n) is 5.43. The van der Waals surface area contributed by atoms with Crippen molar-refractivity contribution in [1.29, 1.82) is 0 Å². The monoisotopic (exact) mass is 398 g/mol. The Morgan fingerprint density at radius 1 is 1.29 bits per heavy atom. The predicted molar refractivity (Wildman–Crippen MR) is 112 cm³/mol. The van der Waals surface area contributed by atoms with Crippen LogP contribution < -0.4 is 5.56 Å². The van der Waals surface area contributed by atoms with E-state index in [4.69, 9.17) is 4.52 Å². The Morgan fingerprint density at radius 2 is 2.07 bits per heavy atom. The van der Waals surface area contributed by atoms with E-state index in [1.165, 1.54) is 0 Å². The Balaban J connectivity index is 1.43. The summed E-state index contributed by atoms with van der Waals surface area (Å²) in [6, 6.07) is 8.23. The minimum Gasteiger partial charge on any atom is -0.339 e. The molecule has 1 aromatic carbocycles. The molecule has 0 unspecified atom stereocenters. The number of rotatable bonds is 5. The van der Waals surface area contributed by atoms with Crippen LogP contribution in [0.3, 0.4) is 0 Å². The molecular weight excluding hydrogens is 372 g/mol. The molecular formula is C21H26N4O2S. The van der Waals surface area contributed by atoms with Crippen LogP contribution in [0.15, 0.2) is 38.5 Å². The van der Waals surface area contributed by atoms with Crippen LogP contribution in [0.5, 0.6) is 0 Å². The molecule has 1 aliphatic heterocycles. The van der Waals surface area contributed by atoms with Gasteiger partial charge in [0, 0.05) is 34.4 Å². The first-order valence-corrected chi connectivity index (χ1v) is 11.0. The molecule has 1 aliphatic rings. The Hall–Kier alpha value is -2.12. The lowest BCUT2D eigenvalue weighted by Crippen LogP contribution is -2.34. The van der Waals surface area contributed by atoms with Crippen LogP contribution in [0.2, 0.25) is 0 Å². The smallest absolute Gasteiger partial charge is 0.252 e. The number of aromatic nitrogens is 3. The van der Waals surface area contributed by atoms with Gasteiger partial charge in [-0.2, -0.15) is 4.98 Å². The molecule has 6 nitrogen and oxygen atoms in total. The molecule has 0 spiro atoms. The second-order valence-electron chi connectivity index (χ2n) is 7.77. The summed E-state index contributed by atoms with van der Waals surface area (Å²) in [4.78, 5) is 23.6. The van der Waals surface area contributed by atoms with Crippen molar-refractivity contribution in [2.45, 2.75) is 50.0 Å². The van der Waals surface area contributed by atoms with Gasteiger partial charge in [0.2, 0.25) is 5.89 Å². The highest BCUT2D eigenvalue weighted by Crippen LogP contribution is 2.28. The first-order valence-electron chi connectivity index (χ1n) is 9.79. The van der Waals surface area contributed by atoms with Crippen LogP contribution in [-0.4, -0.2) is 39.4 Å². The summed E-state index contributed by atoms with van der Waals surface area (Å²) in [6.45, 7) is 6.66. The highest BCUT2D eigenvalue weighted by atomic mass is 32.2. The fourth-order valence-corrected chi connectivity index (χ4v) is 4.14. The van der Waals surface area contributed by atoms with Gasteiger partial charge in [-0.25, -0.2) is 0 Å². The number of piperidine rings is 1. The van der Waals surface area contributed by atoms with Crippen LogP contribution in [0, 0.1) is 0 Å². The molecule has 7 heteroatoms. The average Bonchev–Trinajstić information content (AvgIpc) is 3.19. The lowest BCUT2D eigenvalue weighted by atomic mass is 9.96. The summed E-state index contributed by atoms with van der Waals surface area (Å²) in [7, 11) is 0. The van der Waals surface area contributed by atoms with Crippen molar-refractivity contribution in [3.63, 3.8) is 0 Å². The number of hydrogen-bond acceptors (Lipinski definition) is 6. The fourth-order valence-electron chi connectivity index (χ4n) is 3.70. The molecule has 3 aromatic rings. The number of pyridine rings is 1. The Kier molecular flexibility index (Phi) is 5.55. The molecule has 1 saturated heterocycles. The zero-order chi connectivity index (χ0) is 19.7. The van der Waals surface area contributed by atoms with Crippen molar-refractivity contribution in [3.05, 3.63) is 51.9 Å². The highest BCUT2D eigenvalue weighted by Gasteiger charge is 2.26. The Labute approximate surface area is 168 Å². The van der Waals surface area contributed by atoms with Crippen molar-refractivity contribution in [2.24, 2.45) is 0 Å². The maximum absolute atomic E-state index is 12.5. The van der Waals surface area contributed by atoms with E-state index in [0.29, 0.717) is 12.5 Å². The fraction of sp³-hybridized carbons (Fsp3) is 0.476. The van der Waals surface area contributed by atoms with Crippen molar-refractivity contribution in [1.82, 2.24) is 20.0 Å². The first-order chi connectivity index (χ1) is 13.5. The van der Waals surface area contributed by atoms with Gasteiger partial charge in [0.25, 0.3) is 5.56 Å². The number of H-pyrrole nitrogens is 1. The van der Waals surface area contributed by atoms with E-state index in [2.05, 4.69) is 46.0 Å². The molecule has 28 heavy (non-hydrogen) atoms. The third-order valence-corrected chi connectivity index (χ3v) is 6.16. The summed E-state index contributed by atoms with van der Waals surface area (Å²) in [6.07, 6.45) is 3.99. The molecule has 0 amide bonds. The minimum absolute atomic E-state index is 0.00588. The topological polar surface area (TPSA) is 75.0 Å². The van der Waals surface area contributed by atoms with E-state index in [0.717, 1.165) is 59.0 Å². The van der Waals surface area contributed by atoms with Gasteiger partial charge in [-0.3, -0.25) is 9.69 Å². The summed E-state index contributed by atoms with van der Waals surface area (Å²) in [5.74, 6) is 2.14. The number of likely N-dealkylation sites (tertiary alicyclic amines) is 1. The molecule has 0 aliphatic carbocycles. The highest BCUT2D eigenvalue weighted by molar-refractivity contribution is 7.98. The van der Waals surface area contributed by atoms with E-state index in [1.807, 2.05) is 18.4 Å². The van der Waals surface area contributed by atoms with Crippen molar-refractivity contribution in [2.75, 3.05) is 19.3 Å². The number of hydrogen-bond donors (Lipinski definition) is 1. The lowest BCUT2D eigenvalue weighted by Gasteiger charge is -2.30. The summed E-state index contributed by atoms with van der Waals surface area (Å²) >= 11 is 1.68. The van der Waals surface area contributed by atoms with Crippen molar-refractivity contribution in [3.8, 4) is 0 Å². The van der Waals surface area contributed by atoms with E-state index < -0.39 is 0 Å². The molecule has 0 radical (unpaired) electrons. The average molecular weight is 399 g/mol. The van der Waals surface area contributed by atoms with E-state index >= 15 is 0 Å². The quantitative estimate of drug-likeness (QED) is 0.651. The standard InChI is InChI=1S/C21H26N4O2S/c1-13(2)19-23-21(27-24-19)14-6-8-25(9-7-14)12-16-10-15-4-5-17(28-3)11-18(15)22-20(16)26/h4-5,10-11,13-14H,6-9,12H2,1-3H3,(H,22,26). The summed E-state index contributed by atoms with van der Waals surface area (Å²) in [5, 5.41) is 5.16. The van der Waals surface area contributed by atoms with Crippen LogP contribution in [0.1, 0.15) is 55.8 Å². The van der Waals surface area contributed by atoms with Crippen LogP contribution in [0.25, 0.3) is 10.9 Å². The maximum atomic E-state index is 12.5. The third kappa shape index (κ3) is 4.00. The van der Waals surface area contributed by atoms with Gasteiger partial charge in [-0.15, -0.1) is 11.8 Å². The van der Waals surface area contributed by atoms with Gasteiger partial charge in [0.15, 0.2) is 5.82 Å². The SMILES string of the molecule is CSc1ccc2cc(CN3CCC(c4nc(C(C)C)no4)CC3)c(=O)[nH]c2c1. The number of fused-ring (bicyclic) bond motifs is 1. The van der Waals surface area contributed by atoms with Gasteiger partial charge in [-0.05, 0) is 55.8 Å². The van der Waals surface area contributed by atoms with Crippen molar-refractivity contribution >= 4 is 22.7 Å². The zero-order valence-corrected chi connectivity index (χ0v) is 17.4. The number of benzene rings is 1. The summed E-state index contributed by atoms with van der Waals surface area (Å²) in [5.41, 5.74) is 1.73. The lowest BCUT2D eigenvalue weighted by molar-refractivity contribution is 0.187. The molecule has 0 atom stereocenters. The number of thioether (sulfide) groups is 1. The van der Waals surface area contributed by atoms with E-state index in [9.17, 15) is 4.79 Å². The van der Waals surface area contributed by atoms with Gasteiger partial charge >= 0.3 is 0 Å². The molecule has 0 saturated carbocycles. The second kappa shape index (κ2) is 8.09. The maximum Gasteiger partial charge on any atom is 0.252 e. The predicted octanol–water partition coefficient (Wildman–Crippen LogP) is 4.14. The Bertz CT molecular complexity index is 1020. The van der Waals surface area contributed by atoms with E-state index in [-0.39, 0.29) is 11.5 Å². The van der Waals surface area contributed by atoms with Crippen LogP contribution in [-0.2, 0) is 6.54 Å². The molecule has 3 heterocycles. The van der Waals surface area contributed by atoms with Gasteiger partial charge in [-0.1, -0.05) is 25.1 Å². The normalized spacial score (nSPS) is 16.3.